The van der Waals surface area contributed by atoms with Gasteiger partial charge in [0.15, 0.2) is 5.75 Å². The molecule has 1 aromatic carbocycles. The molecule has 0 unspecified atom stereocenters. The maximum Gasteiger partial charge on any atom is 0.387 e. The van der Waals surface area contributed by atoms with Crippen LogP contribution in [-0.4, -0.2) is 57.3 Å². The van der Waals surface area contributed by atoms with Crippen molar-refractivity contribution in [1.29, 1.82) is 0 Å². The van der Waals surface area contributed by atoms with Gasteiger partial charge in [-0.2, -0.15) is 8.78 Å². The van der Waals surface area contributed by atoms with Crippen molar-refractivity contribution in [3.63, 3.8) is 0 Å². The Morgan fingerprint density at radius 1 is 1.38 bits per heavy atom. The number of alkyl halides is 2. The number of nitrogens with zero attached hydrogens (tertiary/aromatic N) is 1. The van der Waals surface area contributed by atoms with E-state index in [1.165, 1.54) is 29.5 Å². The lowest BCUT2D eigenvalue weighted by atomic mass is 9.85. The molecule has 8 nitrogen and oxygen atoms in total. The van der Waals surface area contributed by atoms with Crippen molar-refractivity contribution in [1.82, 2.24) is 5.32 Å². The number of carbonyl (C=O) groups excluding carboxylic acids is 2. The molecule has 0 spiro atoms. The van der Waals surface area contributed by atoms with E-state index in [2.05, 4.69) is 15.4 Å². The molecule has 0 bridgehead atoms. The summed E-state index contributed by atoms with van der Waals surface area (Å²) in [6.07, 6.45) is 3.49. The number of hydrogen-bond acceptors (Lipinski definition) is 6. The molecule has 0 radical (unpaired) electrons. The highest BCUT2D eigenvalue weighted by Crippen LogP contribution is 2.33. The lowest BCUT2D eigenvalue weighted by Gasteiger charge is -2.29. The van der Waals surface area contributed by atoms with E-state index in [9.17, 15) is 18.4 Å². The Morgan fingerprint density at radius 3 is 2.79 bits per heavy atom. The third-order valence-corrected chi connectivity index (χ3v) is 5.15. The van der Waals surface area contributed by atoms with Gasteiger partial charge in [0.2, 0.25) is 5.91 Å². The number of morpholine rings is 1. The first-order chi connectivity index (χ1) is 14.0. The van der Waals surface area contributed by atoms with Crippen molar-refractivity contribution in [3.05, 3.63) is 18.2 Å². The van der Waals surface area contributed by atoms with Crippen molar-refractivity contribution in [3.8, 4) is 5.75 Å². The molecule has 1 saturated carbocycles. The first kappa shape index (κ1) is 21.4. The Morgan fingerprint density at radius 2 is 2.17 bits per heavy atom. The summed E-state index contributed by atoms with van der Waals surface area (Å²) in [5.74, 6) is -0.339. The number of ether oxygens (including phenoxy) is 2. The summed E-state index contributed by atoms with van der Waals surface area (Å²) in [6.45, 7) is -1.85. The Labute approximate surface area is 167 Å². The minimum atomic E-state index is -3.07. The zero-order valence-corrected chi connectivity index (χ0v) is 16.0. The molecule has 3 rings (SSSR count). The van der Waals surface area contributed by atoms with Gasteiger partial charge < -0.3 is 30.7 Å². The van der Waals surface area contributed by atoms with Gasteiger partial charge in [-0.1, -0.05) is 6.42 Å². The maximum atomic E-state index is 12.9. The smallest absolute Gasteiger partial charge is 0.387 e. The standard InChI is InChI=1S/C19H26F2N4O4/c20-19(21)29-16-8-13(4-5-15(16)25-6-7-28-11-17(25)26)24-18(27)14(9-22)23-10-12-2-1-3-12/h4-5,8,12,14,19,23H,1-3,6-7,9-11,22H2,(H,24,27)/t14-/m1/s1. The summed E-state index contributed by atoms with van der Waals surface area (Å²) in [5, 5.41) is 5.83. The molecule has 1 heterocycles. The number of benzene rings is 1. The predicted octanol–water partition coefficient (Wildman–Crippen LogP) is 1.31. The van der Waals surface area contributed by atoms with Crippen molar-refractivity contribution in [2.45, 2.75) is 31.9 Å². The third kappa shape index (κ3) is 5.62. The summed E-state index contributed by atoms with van der Waals surface area (Å²) in [5.41, 5.74) is 6.18. The maximum absolute atomic E-state index is 12.9. The summed E-state index contributed by atoms with van der Waals surface area (Å²) >= 11 is 0. The van der Waals surface area contributed by atoms with Crippen LogP contribution >= 0.6 is 0 Å². The third-order valence-electron chi connectivity index (χ3n) is 5.15. The van der Waals surface area contributed by atoms with Crippen LogP contribution in [0.1, 0.15) is 19.3 Å². The van der Waals surface area contributed by atoms with Gasteiger partial charge in [0.25, 0.3) is 5.91 Å². The topological polar surface area (TPSA) is 106 Å². The van der Waals surface area contributed by atoms with E-state index in [4.69, 9.17) is 10.5 Å². The molecule has 1 aromatic rings. The van der Waals surface area contributed by atoms with Crippen LogP contribution in [-0.2, 0) is 14.3 Å². The van der Waals surface area contributed by atoms with E-state index >= 15 is 0 Å². The van der Waals surface area contributed by atoms with E-state index in [-0.39, 0.29) is 48.6 Å². The van der Waals surface area contributed by atoms with Gasteiger partial charge in [-0.25, -0.2) is 0 Å². The number of halogens is 2. The van der Waals surface area contributed by atoms with Crippen molar-refractivity contribution in [2.75, 3.05) is 43.1 Å². The number of anilines is 2. The van der Waals surface area contributed by atoms with Crippen LogP contribution < -0.4 is 26.0 Å². The molecule has 1 atom stereocenters. The highest BCUT2D eigenvalue weighted by molar-refractivity contribution is 5.98. The van der Waals surface area contributed by atoms with Gasteiger partial charge in [-0.3, -0.25) is 9.59 Å². The Kier molecular flexibility index (Phi) is 7.34. The van der Waals surface area contributed by atoms with Crippen LogP contribution in [0.3, 0.4) is 0 Å². The molecular formula is C19H26F2N4O4. The number of hydrogen-bond donors (Lipinski definition) is 3. The van der Waals surface area contributed by atoms with E-state index in [0.717, 1.165) is 12.8 Å². The fraction of sp³-hybridized carbons (Fsp3) is 0.579. The van der Waals surface area contributed by atoms with Crippen LogP contribution in [0.5, 0.6) is 5.75 Å². The van der Waals surface area contributed by atoms with E-state index in [0.29, 0.717) is 19.1 Å². The fourth-order valence-corrected chi connectivity index (χ4v) is 3.30. The van der Waals surface area contributed by atoms with Crippen molar-refractivity contribution >= 4 is 23.2 Å². The van der Waals surface area contributed by atoms with Gasteiger partial charge in [0.1, 0.15) is 6.61 Å². The first-order valence-electron chi connectivity index (χ1n) is 9.69. The Balaban J connectivity index is 1.71. The zero-order chi connectivity index (χ0) is 20.8. The van der Waals surface area contributed by atoms with Crippen LogP contribution in [0.15, 0.2) is 18.2 Å². The second-order valence-corrected chi connectivity index (χ2v) is 7.14. The average molecular weight is 412 g/mol. The minimum absolute atomic E-state index is 0.110. The molecule has 1 aliphatic carbocycles. The molecule has 10 heteroatoms. The second-order valence-electron chi connectivity index (χ2n) is 7.14. The van der Waals surface area contributed by atoms with E-state index < -0.39 is 12.7 Å². The molecule has 2 fully saturated rings. The molecular weight excluding hydrogens is 386 g/mol. The van der Waals surface area contributed by atoms with Gasteiger partial charge in [0, 0.05) is 24.8 Å². The number of rotatable bonds is 9. The van der Waals surface area contributed by atoms with Crippen LogP contribution in [0.4, 0.5) is 20.2 Å². The molecule has 0 aromatic heterocycles. The Bertz CT molecular complexity index is 730. The fourth-order valence-electron chi connectivity index (χ4n) is 3.30. The number of nitrogens with one attached hydrogen (secondary N) is 2. The Hall–Kier alpha value is -2.30. The van der Waals surface area contributed by atoms with Crippen molar-refractivity contribution in [2.24, 2.45) is 11.7 Å². The largest absolute Gasteiger partial charge is 0.433 e. The van der Waals surface area contributed by atoms with Gasteiger partial charge in [-0.15, -0.1) is 0 Å². The number of amides is 2. The van der Waals surface area contributed by atoms with E-state index in [1.807, 2.05) is 0 Å². The minimum Gasteiger partial charge on any atom is -0.433 e. The summed E-state index contributed by atoms with van der Waals surface area (Å²) in [4.78, 5) is 25.9. The second kappa shape index (κ2) is 9.95. The molecule has 2 aliphatic rings. The van der Waals surface area contributed by atoms with Gasteiger partial charge in [0.05, 0.1) is 18.3 Å². The quantitative estimate of drug-likeness (QED) is 0.565. The lowest BCUT2D eigenvalue weighted by Crippen LogP contribution is -2.48. The van der Waals surface area contributed by atoms with Crippen molar-refractivity contribution < 1.29 is 27.8 Å². The molecule has 160 valence electrons. The first-order valence-corrected chi connectivity index (χ1v) is 9.69. The number of carbonyl (C=O) groups is 2. The molecule has 1 aliphatic heterocycles. The van der Waals surface area contributed by atoms with Crippen LogP contribution in [0.25, 0.3) is 0 Å². The average Bonchev–Trinajstić information content (AvgIpc) is 2.64. The molecule has 2 amide bonds. The van der Waals surface area contributed by atoms with E-state index in [1.54, 1.807) is 0 Å². The van der Waals surface area contributed by atoms with Gasteiger partial charge >= 0.3 is 6.61 Å². The lowest BCUT2D eigenvalue weighted by molar-refractivity contribution is -0.125. The number of nitrogens with two attached hydrogens (primary N) is 1. The zero-order valence-electron chi connectivity index (χ0n) is 16.0. The summed E-state index contributed by atoms with van der Waals surface area (Å²) in [6, 6.07) is 3.70. The predicted molar refractivity (Wildman–Crippen MR) is 103 cm³/mol. The van der Waals surface area contributed by atoms with Gasteiger partial charge in [-0.05, 0) is 37.4 Å². The monoisotopic (exact) mass is 412 g/mol. The summed E-state index contributed by atoms with van der Waals surface area (Å²) < 4.78 is 35.4. The molecule has 1 saturated heterocycles. The van der Waals surface area contributed by atoms with Crippen LogP contribution in [0.2, 0.25) is 0 Å². The summed E-state index contributed by atoms with van der Waals surface area (Å²) in [7, 11) is 0. The molecule has 4 N–H and O–H groups in total. The molecule has 29 heavy (non-hydrogen) atoms. The van der Waals surface area contributed by atoms with Crippen LogP contribution in [0, 0.1) is 5.92 Å². The SMILES string of the molecule is NC[C@@H](NCC1CCC1)C(=O)Nc1ccc(N2CCOCC2=O)c(OC(F)F)c1. The normalized spacial score (nSPS) is 18.5. The highest BCUT2D eigenvalue weighted by atomic mass is 19.3. The highest BCUT2D eigenvalue weighted by Gasteiger charge is 2.26.